The molecule has 0 radical (unpaired) electrons. The molecular weight excluding hydrogens is 306 g/mol. The Bertz CT molecular complexity index is 595. The van der Waals surface area contributed by atoms with Crippen LogP contribution in [0.2, 0.25) is 0 Å². The van der Waals surface area contributed by atoms with Gasteiger partial charge in [-0.15, -0.1) is 0 Å². The van der Waals surface area contributed by atoms with Crippen molar-refractivity contribution in [2.45, 2.75) is 63.6 Å². The Hall–Kier alpha value is -2.04. The van der Waals surface area contributed by atoms with Crippen molar-refractivity contribution in [1.82, 2.24) is 4.90 Å². The molecule has 130 valence electrons. The zero-order valence-corrected chi connectivity index (χ0v) is 14.1. The van der Waals surface area contributed by atoms with Crippen LogP contribution in [-0.2, 0) is 16.1 Å². The smallest absolute Gasteiger partial charge is 0.411 e. The lowest BCUT2D eigenvalue weighted by Gasteiger charge is -2.41. The van der Waals surface area contributed by atoms with Gasteiger partial charge in [-0.25, -0.2) is 9.59 Å². The van der Waals surface area contributed by atoms with Gasteiger partial charge in [0.2, 0.25) is 0 Å². The lowest BCUT2D eigenvalue weighted by Crippen LogP contribution is -2.57. The second-order valence-corrected chi connectivity index (χ2v) is 7.22. The third-order valence-electron chi connectivity index (χ3n) is 5.22. The number of hydrogen-bond acceptors (Lipinski definition) is 3. The summed E-state index contributed by atoms with van der Waals surface area (Å²) in [5.41, 5.74) is -0.280. The SMILES string of the molecule is CC(CC1CCC1)(C(=O)O)N(C(=O)OCc1ccccc1)C1CC1. The monoisotopic (exact) mass is 331 g/mol. The molecule has 2 fully saturated rings. The quantitative estimate of drug-likeness (QED) is 0.825. The van der Waals surface area contributed by atoms with Gasteiger partial charge in [0.25, 0.3) is 0 Å². The van der Waals surface area contributed by atoms with Gasteiger partial charge in [-0.05, 0) is 37.7 Å². The molecule has 5 nitrogen and oxygen atoms in total. The van der Waals surface area contributed by atoms with E-state index in [1.165, 1.54) is 4.90 Å². The van der Waals surface area contributed by atoms with Crippen LogP contribution in [0, 0.1) is 5.92 Å². The predicted octanol–water partition coefficient (Wildman–Crippen LogP) is 3.82. The molecule has 1 atom stereocenters. The third-order valence-corrected chi connectivity index (χ3v) is 5.22. The number of benzene rings is 1. The molecule has 5 heteroatoms. The number of carboxylic acid groups (broad SMARTS) is 1. The average Bonchev–Trinajstić information content (AvgIpc) is 3.35. The molecule has 3 rings (SSSR count). The van der Waals surface area contributed by atoms with Crippen molar-refractivity contribution >= 4 is 12.1 Å². The van der Waals surface area contributed by atoms with Crippen molar-refractivity contribution in [2.24, 2.45) is 5.92 Å². The fraction of sp³-hybridized carbons (Fsp3) is 0.579. The number of amides is 1. The number of carbonyl (C=O) groups excluding carboxylic acids is 1. The Morgan fingerprint density at radius 2 is 1.88 bits per heavy atom. The summed E-state index contributed by atoms with van der Waals surface area (Å²) < 4.78 is 5.44. The van der Waals surface area contributed by atoms with E-state index in [1.54, 1.807) is 6.92 Å². The van der Waals surface area contributed by atoms with Crippen LogP contribution in [0.15, 0.2) is 30.3 Å². The molecule has 1 N–H and O–H groups in total. The summed E-state index contributed by atoms with van der Waals surface area (Å²) in [5.74, 6) is -0.535. The maximum Gasteiger partial charge on any atom is 0.411 e. The summed E-state index contributed by atoms with van der Waals surface area (Å²) in [7, 11) is 0. The number of ether oxygens (including phenoxy) is 1. The Kier molecular flexibility index (Phi) is 4.78. The average molecular weight is 331 g/mol. The topological polar surface area (TPSA) is 66.8 Å². The maximum atomic E-state index is 12.7. The molecule has 0 spiro atoms. The van der Waals surface area contributed by atoms with Crippen LogP contribution in [-0.4, -0.2) is 33.6 Å². The summed E-state index contributed by atoms with van der Waals surface area (Å²) in [5, 5.41) is 9.83. The molecule has 2 aliphatic carbocycles. The molecule has 0 heterocycles. The fourth-order valence-corrected chi connectivity index (χ4v) is 3.42. The highest BCUT2D eigenvalue weighted by molar-refractivity contribution is 5.84. The lowest BCUT2D eigenvalue weighted by molar-refractivity contribution is -0.151. The molecule has 1 aromatic carbocycles. The Labute approximate surface area is 142 Å². The van der Waals surface area contributed by atoms with Crippen LogP contribution in [0.25, 0.3) is 0 Å². The van der Waals surface area contributed by atoms with Gasteiger partial charge < -0.3 is 9.84 Å². The molecule has 0 aromatic heterocycles. The van der Waals surface area contributed by atoms with Gasteiger partial charge >= 0.3 is 12.1 Å². The van der Waals surface area contributed by atoms with E-state index in [4.69, 9.17) is 4.74 Å². The number of nitrogens with zero attached hydrogens (tertiary/aromatic N) is 1. The van der Waals surface area contributed by atoms with Crippen molar-refractivity contribution in [3.8, 4) is 0 Å². The minimum atomic E-state index is -1.18. The second kappa shape index (κ2) is 6.83. The highest BCUT2D eigenvalue weighted by Gasteiger charge is 2.51. The zero-order valence-electron chi connectivity index (χ0n) is 14.1. The van der Waals surface area contributed by atoms with E-state index in [9.17, 15) is 14.7 Å². The minimum Gasteiger partial charge on any atom is -0.480 e. The Morgan fingerprint density at radius 1 is 1.21 bits per heavy atom. The first kappa shape index (κ1) is 16.8. The number of rotatable bonds is 7. The van der Waals surface area contributed by atoms with Crippen LogP contribution in [0.3, 0.4) is 0 Å². The molecular formula is C19H25NO4. The maximum absolute atomic E-state index is 12.7. The van der Waals surface area contributed by atoms with Gasteiger partial charge in [0, 0.05) is 6.04 Å². The normalized spacial score (nSPS) is 19.9. The van der Waals surface area contributed by atoms with Crippen molar-refractivity contribution in [2.75, 3.05) is 0 Å². The zero-order chi connectivity index (χ0) is 17.2. The molecule has 24 heavy (non-hydrogen) atoms. The van der Waals surface area contributed by atoms with Gasteiger partial charge in [-0.1, -0.05) is 49.6 Å². The predicted molar refractivity (Wildman–Crippen MR) is 89.5 cm³/mol. The van der Waals surface area contributed by atoms with Crippen LogP contribution < -0.4 is 0 Å². The molecule has 0 aliphatic heterocycles. The Balaban J connectivity index is 1.71. The van der Waals surface area contributed by atoms with E-state index in [-0.39, 0.29) is 12.6 Å². The van der Waals surface area contributed by atoms with Crippen molar-refractivity contribution < 1.29 is 19.4 Å². The van der Waals surface area contributed by atoms with Crippen LogP contribution in [0.5, 0.6) is 0 Å². The van der Waals surface area contributed by atoms with Gasteiger partial charge in [-0.2, -0.15) is 0 Å². The number of aliphatic carboxylic acids is 1. The van der Waals surface area contributed by atoms with E-state index >= 15 is 0 Å². The summed E-state index contributed by atoms with van der Waals surface area (Å²) in [6.07, 6.45) is 4.98. The highest BCUT2D eigenvalue weighted by atomic mass is 16.6. The number of carbonyl (C=O) groups is 2. The van der Waals surface area contributed by atoms with Gasteiger partial charge in [0.1, 0.15) is 12.1 Å². The van der Waals surface area contributed by atoms with E-state index in [0.717, 1.165) is 37.7 Å². The molecule has 0 bridgehead atoms. The van der Waals surface area contributed by atoms with Gasteiger partial charge in [-0.3, -0.25) is 4.90 Å². The van der Waals surface area contributed by atoms with Crippen molar-refractivity contribution in [1.29, 1.82) is 0 Å². The van der Waals surface area contributed by atoms with E-state index < -0.39 is 17.6 Å². The molecule has 1 amide bonds. The van der Waals surface area contributed by atoms with Gasteiger partial charge in [0.05, 0.1) is 0 Å². The molecule has 2 aliphatic rings. The first-order valence-electron chi connectivity index (χ1n) is 8.74. The first-order valence-corrected chi connectivity index (χ1v) is 8.74. The summed E-state index contributed by atoms with van der Waals surface area (Å²) >= 11 is 0. The third kappa shape index (κ3) is 3.55. The van der Waals surface area contributed by atoms with Crippen LogP contribution >= 0.6 is 0 Å². The van der Waals surface area contributed by atoms with E-state index in [1.807, 2.05) is 30.3 Å². The molecule has 1 unspecified atom stereocenters. The van der Waals surface area contributed by atoms with Crippen molar-refractivity contribution in [3.63, 3.8) is 0 Å². The molecule has 2 saturated carbocycles. The molecule has 1 aromatic rings. The van der Waals surface area contributed by atoms with Crippen LogP contribution in [0.1, 0.15) is 51.0 Å². The Morgan fingerprint density at radius 3 is 2.38 bits per heavy atom. The largest absolute Gasteiger partial charge is 0.480 e. The highest BCUT2D eigenvalue weighted by Crippen LogP contribution is 2.41. The second-order valence-electron chi connectivity index (χ2n) is 7.22. The number of hydrogen-bond donors (Lipinski definition) is 1. The summed E-state index contributed by atoms with van der Waals surface area (Å²) in [6, 6.07) is 9.45. The number of carboxylic acids is 1. The minimum absolute atomic E-state index is 0.00514. The van der Waals surface area contributed by atoms with Crippen LogP contribution in [0.4, 0.5) is 4.79 Å². The lowest BCUT2D eigenvalue weighted by atomic mass is 9.76. The summed E-state index contributed by atoms with van der Waals surface area (Å²) in [6.45, 7) is 1.85. The van der Waals surface area contributed by atoms with E-state index in [0.29, 0.717) is 12.3 Å². The molecule has 0 saturated heterocycles. The standard InChI is InChI=1S/C19H25NO4/c1-19(17(21)22,12-14-8-5-9-14)20(16-10-11-16)18(23)24-13-15-6-3-2-4-7-15/h2-4,6-7,14,16H,5,8-13H2,1H3,(H,21,22). The fourth-order valence-electron chi connectivity index (χ4n) is 3.42. The van der Waals surface area contributed by atoms with Crippen molar-refractivity contribution in [3.05, 3.63) is 35.9 Å². The first-order chi connectivity index (χ1) is 11.5. The summed E-state index contributed by atoms with van der Waals surface area (Å²) in [4.78, 5) is 26.2. The van der Waals surface area contributed by atoms with E-state index in [2.05, 4.69) is 0 Å². The van der Waals surface area contributed by atoms with Gasteiger partial charge in [0.15, 0.2) is 0 Å².